The van der Waals surface area contributed by atoms with Crippen LogP contribution in [0.4, 0.5) is 23.2 Å². The van der Waals surface area contributed by atoms with Crippen LogP contribution in [0.2, 0.25) is 0 Å². The van der Waals surface area contributed by atoms with Crippen molar-refractivity contribution in [2.45, 2.75) is 6.18 Å². The number of nitrogens with zero attached hydrogens (tertiary/aromatic N) is 2. The zero-order valence-electron chi connectivity index (χ0n) is 9.70. The zero-order chi connectivity index (χ0) is 14.2. The van der Waals surface area contributed by atoms with Crippen LogP contribution in [-0.4, -0.2) is 16.9 Å². The summed E-state index contributed by atoms with van der Waals surface area (Å²) in [4.78, 5) is 0. The lowest BCUT2D eigenvalue weighted by atomic mass is 10.2. The number of nitrogen functional groups attached to an aromatic ring is 1. The molecule has 1 aromatic carbocycles. The van der Waals surface area contributed by atoms with Gasteiger partial charge in [-0.1, -0.05) is 0 Å². The van der Waals surface area contributed by atoms with Crippen LogP contribution in [0, 0.1) is 5.82 Å². The Morgan fingerprint density at radius 1 is 1.32 bits per heavy atom. The molecule has 0 unspecified atom stereocenters. The van der Waals surface area contributed by atoms with E-state index in [0.717, 1.165) is 23.0 Å². The van der Waals surface area contributed by atoms with Gasteiger partial charge in [0.05, 0.1) is 12.8 Å². The van der Waals surface area contributed by atoms with Gasteiger partial charge in [-0.15, -0.1) is 0 Å². The quantitative estimate of drug-likeness (QED) is 0.677. The Balaban J connectivity index is 2.50. The van der Waals surface area contributed by atoms with E-state index in [-0.39, 0.29) is 17.1 Å². The molecule has 0 saturated carbocycles. The lowest BCUT2D eigenvalue weighted by molar-refractivity contribution is -0.141. The number of hydrogen-bond acceptors (Lipinski definition) is 3. The fourth-order valence-corrected chi connectivity index (χ4v) is 1.52. The summed E-state index contributed by atoms with van der Waals surface area (Å²) < 4.78 is 56.6. The van der Waals surface area contributed by atoms with Gasteiger partial charge in [-0.25, -0.2) is 9.07 Å². The first-order valence-corrected chi connectivity index (χ1v) is 5.09. The van der Waals surface area contributed by atoms with Crippen LogP contribution < -0.4 is 10.5 Å². The molecule has 0 atom stereocenters. The number of rotatable bonds is 2. The maximum atomic E-state index is 13.7. The van der Waals surface area contributed by atoms with E-state index in [9.17, 15) is 17.6 Å². The molecular weight excluding hydrogens is 266 g/mol. The molecular formula is C11H9F4N3O. The minimum atomic E-state index is -4.58. The second-order valence-electron chi connectivity index (χ2n) is 3.69. The largest absolute Gasteiger partial charge is 0.495 e. The summed E-state index contributed by atoms with van der Waals surface area (Å²) >= 11 is 0. The third kappa shape index (κ3) is 2.47. The van der Waals surface area contributed by atoms with Gasteiger partial charge in [-0.3, -0.25) is 0 Å². The lowest BCUT2D eigenvalue weighted by Crippen LogP contribution is -2.08. The van der Waals surface area contributed by atoms with Gasteiger partial charge in [0.25, 0.3) is 0 Å². The highest BCUT2D eigenvalue weighted by atomic mass is 19.4. The molecule has 2 N–H and O–H groups in total. The third-order valence-electron chi connectivity index (χ3n) is 2.43. The molecule has 4 nitrogen and oxygen atoms in total. The zero-order valence-corrected chi connectivity index (χ0v) is 9.70. The van der Waals surface area contributed by atoms with Gasteiger partial charge in [0, 0.05) is 18.3 Å². The summed E-state index contributed by atoms with van der Waals surface area (Å²) in [6, 6.07) is 2.89. The number of alkyl halides is 3. The molecule has 0 spiro atoms. The molecule has 0 fully saturated rings. The Morgan fingerprint density at radius 3 is 2.53 bits per heavy atom. The van der Waals surface area contributed by atoms with Crippen molar-refractivity contribution >= 4 is 5.69 Å². The van der Waals surface area contributed by atoms with Crippen LogP contribution in [0.25, 0.3) is 5.69 Å². The van der Waals surface area contributed by atoms with Crippen molar-refractivity contribution in [3.05, 3.63) is 35.9 Å². The van der Waals surface area contributed by atoms with Crippen molar-refractivity contribution < 1.29 is 22.3 Å². The van der Waals surface area contributed by atoms with E-state index in [0.29, 0.717) is 0 Å². The first-order chi connectivity index (χ1) is 8.82. The average molecular weight is 275 g/mol. The highest BCUT2D eigenvalue weighted by Crippen LogP contribution is 2.30. The van der Waals surface area contributed by atoms with E-state index >= 15 is 0 Å². The minimum Gasteiger partial charge on any atom is -0.495 e. The molecule has 19 heavy (non-hydrogen) atoms. The van der Waals surface area contributed by atoms with Crippen molar-refractivity contribution in [1.82, 2.24) is 9.78 Å². The molecule has 2 aromatic rings. The Bertz CT molecular complexity index is 606. The Hall–Kier alpha value is -2.25. The number of aromatic nitrogens is 2. The summed E-state index contributed by atoms with van der Waals surface area (Å²) in [5.41, 5.74) is 4.24. The summed E-state index contributed by atoms with van der Waals surface area (Å²) in [5, 5.41) is 3.27. The summed E-state index contributed by atoms with van der Waals surface area (Å²) in [6.45, 7) is 0. The van der Waals surface area contributed by atoms with E-state index in [1.54, 1.807) is 0 Å². The molecule has 0 radical (unpaired) electrons. The van der Waals surface area contributed by atoms with Crippen LogP contribution in [-0.2, 0) is 6.18 Å². The number of methoxy groups -OCH3 is 1. The number of ether oxygens (including phenoxy) is 1. The highest BCUT2D eigenvalue weighted by Gasteiger charge is 2.33. The molecule has 1 aromatic heterocycles. The highest BCUT2D eigenvalue weighted by molar-refractivity contribution is 5.58. The van der Waals surface area contributed by atoms with Crippen LogP contribution in [0.15, 0.2) is 24.4 Å². The van der Waals surface area contributed by atoms with Crippen molar-refractivity contribution in [2.75, 3.05) is 12.8 Å². The summed E-state index contributed by atoms with van der Waals surface area (Å²) in [5.74, 6) is -0.643. The van der Waals surface area contributed by atoms with E-state index < -0.39 is 17.7 Å². The second kappa shape index (κ2) is 4.45. The minimum absolute atomic E-state index is 0.0481. The second-order valence-corrected chi connectivity index (χ2v) is 3.69. The van der Waals surface area contributed by atoms with Gasteiger partial charge in [0.15, 0.2) is 11.5 Å². The maximum absolute atomic E-state index is 13.7. The molecule has 102 valence electrons. The van der Waals surface area contributed by atoms with Crippen molar-refractivity contribution in [3.8, 4) is 11.4 Å². The normalized spacial score (nSPS) is 11.6. The molecule has 2 rings (SSSR count). The van der Waals surface area contributed by atoms with Gasteiger partial charge in [-0.05, 0) is 6.07 Å². The van der Waals surface area contributed by atoms with Gasteiger partial charge in [-0.2, -0.15) is 18.3 Å². The SMILES string of the molecule is COc1cc(-n2ccc(C(F)(F)F)n2)c(F)cc1N. The van der Waals surface area contributed by atoms with E-state index in [1.807, 2.05) is 0 Å². The average Bonchev–Trinajstić information content (AvgIpc) is 2.78. The number of halogens is 4. The molecule has 0 amide bonds. The Kier molecular flexibility index (Phi) is 3.09. The van der Waals surface area contributed by atoms with E-state index in [2.05, 4.69) is 5.10 Å². The Labute approximate surface area is 105 Å². The first-order valence-electron chi connectivity index (χ1n) is 5.09. The first kappa shape index (κ1) is 13.2. The molecule has 0 aliphatic carbocycles. The smallest absolute Gasteiger partial charge is 0.435 e. The lowest BCUT2D eigenvalue weighted by Gasteiger charge is -2.09. The van der Waals surface area contributed by atoms with Crippen molar-refractivity contribution in [2.24, 2.45) is 0 Å². The van der Waals surface area contributed by atoms with Gasteiger partial charge >= 0.3 is 6.18 Å². The predicted molar refractivity (Wildman–Crippen MR) is 59.5 cm³/mol. The van der Waals surface area contributed by atoms with E-state index in [4.69, 9.17) is 10.5 Å². The molecule has 1 heterocycles. The Morgan fingerprint density at radius 2 is 2.00 bits per heavy atom. The predicted octanol–water partition coefficient (Wildman–Crippen LogP) is 2.62. The van der Waals surface area contributed by atoms with Gasteiger partial charge < -0.3 is 10.5 Å². The number of nitrogens with two attached hydrogens (primary N) is 1. The van der Waals surface area contributed by atoms with Crippen molar-refractivity contribution in [3.63, 3.8) is 0 Å². The van der Waals surface area contributed by atoms with Crippen LogP contribution in [0.3, 0.4) is 0 Å². The third-order valence-corrected chi connectivity index (χ3v) is 2.43. The molecule has 0 aliphatic rings. The molecule has 8 heteroatoms. The maximum Gasteiger partial charge on any atom is 0.435 e. The molecule has 0 bridgehead atoms. The van der Waals surface area contributed by atoms with Crippen molar-refractivity contribution in [1.29, 1.82) is 0 Å². The van der Waals surface area contributed by atoms with Gasteiger partial charge in [0.2, 0.25) is 0 Å². The van der Waals surface area contributed by atoms with Crippen LogP contribution in [0.1, 0.15) is 5.69 Å². The fraction of sp³-hybridized carbons (Fsp3) is 0.182. The standard InChI is InChI=1S/C11H9F4N3O/c1-19-9-5-8(6(12)4-7(9)16)18-3-2-10(17-18)11(13,14)15/h2-5H,16H2,1H3. The van der Waals surface area contributed by atoms with Crippen LogP contribution >= 0.6 is 0 Å². The fourth-order valence-electron chi connectivity index (χ4n) is 1.52. The van der Waals surface area contributed by atoms with E-state index in [1.165, 1.54) is 13.2 Å². The van der Waals surface area contributed by atoms with Gasteiger partial charge in [0.1, 0.15) is 11.4 Å². The molecule has 0 saturated heterocycles. The summed E-state index contributed by atoms with van der Waals surface area (Å²) in [6.07, 6.45) is -3.57. The molecule has 0 aliphatic heterocycles. The summed E-state index contributed by atoms with van der Waals surface area (Å²) in [7, 11) is 1.32. The number of anilines is 1. The number of benzene rings is 1. The number of hydrogen-bond donors (Lipinski definition) is 1. The topological polar surface area (TPSA) is 53.1 Å². The van der Waals surface area contributed by atoms with Crippen LogP contribution in [0.5, 0.6) is 5.75 Å². The monoisotopic (exact) mass is 275 g/mol.